The van der Waals surface area contributed by atoms with Crippen LogP contribution in [0.15, 0.2) is 48.7 Å². The lowest BCUT2D eigenvalue weighted by molar-refractivity contribution is 0.0676. The summed E-state index contributed by atoms with van der Waals surface area (Å²) >= 11 is 0. The second-order valence-electron chi connectivity index (χ2n) is 7.83. The average molecular weight is 423 g/mol. The zero-order valence-electron chi connectivity index (χ0n) is 18.5. The Morgan fingerprint density at radius 2 is 1.87 bits per heavy atom. The molecule has 1 saturated heterocycles. The van der Waals surface area contributed by atoms with Crippen LogP contribution in [0.5, 0.6) is 17.2 Å². The van der Waals surface area contributed by atoms with Gasteiger partial charge in [0.25, 0.3) is 0 Å². The molecule has 0 spiro atoms. The lowest BCUT2D eigenvalue weighted by Gasteiger charge is -2.27. The topological polar surface area (TPSA) is 53.1 Å². The van der Waals surface area contributed by atoms with E-state index in [4.69, 9.17) is 18.9 Å². The lowest BCUT2D eigenvalue weighted by Crippen LogP contribution is -2.31. The van der Waals surface area contributed by atoms with Crippen molar-refractivity contribution >= 4 is 10.9 Å². The predicted octanol–water partition coefficient (Wildman–Crippen LogP) is 4.44. The van der Waals surface area contributed by atoms with E-state index >= 15 is 0 Å². The zero-order chi connectivity index (χ0) is 21.6. The lowest BCUT2D eigenvalue weighted by atomic mass is 10.1. The molecule has 1 atom stereocenters. The summed E-state index contributed by atoms with van der Waals surface area (Å²) in [5.41, 5.74) is 3.32. The summed E-state index contributed by atoms with van der Waals surface area (Å²) in [7, 11) is 4.94. The first-order valence-electron chi connectivity index (χ1n) is 10.7. The molecular formula is C25H30N2O4. The second-order valence-corrected chi connectivity index (χ2v) is 7.83. The molecule has 0 saturated carbocycles. The molecule has 2 aromatic carbocycles. The molecule has 4 rings (SSSR count). The van der Waals surface area contributed by atoms with Crippen LogP contribution in [0.2, 0.25) is 0 Å². The van der Waals surface area contributed by atoms with Crippen LogP contribution in [0.1, 0.15) is 24.0 Å². The van der Waals surface area contributed by atoms with E-state index in [-0.39, 0.29) is 6.10 Å². The highest BCUT2D eigenvalue weighted by atomic mass is 16.5. The molecule has 3 aromatic rings. The van der Waals surface area contributed by atoms with Crippen LogP contribution < -0.4 is 14.2 Å². The van der Waals surface area contributed by atoms with Gasteiger partial charge in [-0.2, -0.15) is 0 Å². The van der Waals surface area contributed by atoms with Crippen molar-refractivity contribution in [3.8, 4) is 17.2 Å². The summed E-state index contributed by atoms with van der Waals surface area (Å²) < 4.78 is 22.7. The molecule has 1 aromatic heterocycles. The van der Waals surface area contributed by atoms with Gasteiger partial charge in [-0.1, -0.05) is 18.2 Å². The fourth-order valence-electron chi connectivity index (χ4n) is 4.27. The maximum absolute atomic E-state index is 5.94. The largest absolute Gasteiger partial charge is 0.493 e. The number of aromatic nitrogens is 1. The molecule has 0 radical (unpaired) electrons. The van der Waals surface area contributed by atoms with Gasteiger partial charge in [0.1, 0.15) is 0 Å². The van der Waals surface area contributed by atoms with Crippen molar-refractivity contribution in [1.29, 1.82) is 0 Å². The molecule has 0 N–H and O–H groups in total. The molecule has 31 heavy (non-hydrogen) atoms. The van der Waals surface area contributed by atoms with Gasteiger partial charge in [0, 0.05) is 43.4 Å². The normalized spacial score (nSPS) is 16.1. The molecule has 0 bridgehead atoms. The molecule has 6 nitrogen and oxygen atoms in total. The second kappa shape index (κ2) is 9.98. The summed E-state index contributed by atoms with van der Waals surface area (Å²) in [5, 5.41) is 1.15. The summed E-state index contributed by atoms with van der Waals surface area (Å²) in [6.45, 7) is 3.24. The fraction of sp³-hybridized carbons (Fsp3) is 0.400. The van der Waals surface area contributed by atoms with Gasteiger partial charge in [-0.25, -0.2) is 0 Å². The van der Waals surface area contributed by atoms with Gasteiger partial charge in [-0.3, -0.25) is 9.88 Å². The van der Waals surface area contributed by atoms with Crippen molar-refractivity contribution < 1.29 is 18.9 Å². The third-order valence-corrected chi connectivity index (χ3v) is 5.74. The van der Waals surface area contributed by atoms with Gasteiger partial charge in [0.15, 0.2) is 11.5 Å². The van der Waals surface area contributed by atoms with Crippen molar-refractivity contribution in [2.24, 2.45) is 0 Å². The number of hydrogen-bond donors (Lipinski definition) is 0. The van der Waals surface area contributed by atoms with E-state index in [1.54, 1.807) is 21.3 Å². The average Bonchev–Trinajstić information content (AvgIpc) is 3.31. The SMILES string of the molecule is COc1ccc(CN(Cc2ccc3ncccc3c2)C[C@@H]2CCCO2)c(OC)c1OC. The summed E-state index contributed by atoms with van der Waals surface area (Å²) in [6.07, 6.45) is 4.31. The number of ether oxygens (including phenoxy) is 4. The van der Waals surface area contributed by atoms with Crippen molar-refractivity contribution in [2.45, 2.75) is 32.0 Å². The number of hydrogen-bond acceptors (Lipinski definition) is 6. The Labute approximate surface area is 183 Å². The fourth-order valence-corrected chi connectivity index (χ4v) is 4.27. The van der Waals surface area contributed by atoms with Crippen LogP contribution in [-0.2, 0) is 17.8 Å². The number of nitrogens with zero attached hydrogens (tertiary/aromatic N) is 2. The zero-order valence-corrected chi connectivity index (χ0v) is 18.5. The van der Waals surface area contributed by atoms with Crippen molar-refractivity contribution in [1.82, 2.24) is 9.88 Å². The van der Waals surface area contributed by atoms with E-state index in [2.05, 4.69) is 34.1 Å². The molecule has 2 heterocycles. The molecule has 164 valence electrons. The monoisotopic (exact) mass is 422 g/mol. The van der Waals surface area contributed by atoms with Gasteiger partial charge in [0.05, 0.1) is 33.0 Å². The highest BCUT2D eigenvalue weighted by Crippen LogP contribution is 2.40. The maximum Gasteiger partial charge on any atom is 0.203 e. The molecule has 6 heteroatoms. The van der Waals surface area contributed by atoms with Gasteiger partial charge in [-0.05, 0) is 42.7 Å². The Morgan fingerprint density at radius 1 is 1.00 bits per heavy atom. The standard InChI is InChI=1S/C25H30N2O4/c1-28-23-11-9-20(24(29-2)25(23)30-3)16-27(17-21-7-5-13-31-21)15-18-8-10-22-19(14-18)6-4-12-26-22/h4,6,8-12,14,21H,5,7,13,15-17H2,1-3H3/t21-/m0/s1. The van der Waals surface area contributed by atoms with Gasteiger partial charge in [-0.15, -0.1) is 0 Å². The quantitative estimate of drug-likeness (QED) is 0.508. The van der Waals surface area contributed by atoms with Gasteiger partial charge < -0.3 is 18.9 Å². The Bertz CT molecular complexity index is 1020. The summed E-state index contributed by atoms with van der Waals surface area (Å²) in [6, 6.07) is 14.5. The number of fused-ring (bicyclic) bond motifs is 1. The van der Waals surface area contributed by atoms with Crippen LogP contribution in [0.4, 0.5) is 0 Å². The molecule has 1 aliphatic rings. The minimum Gasteiger partial charge on any atom is -0.493 e. The highest BCUT2D eigenvalue weighted by molar-refractivity contribution is 5.78. The Hall–Kier alpha value is -2.83. The van der Waals surface area contributed by atoms with E-state index < -0.39 is 0 Å². The van der Waals surface area contributed by atoms with E-state index in [9.17, 15) is 0 Å². The molecule has 0 amide bonds. The minimum atomic E-state index is 0.258. The van der Waals surface area contributed by atoms with Crippen molar-refractivity contribution in [2.75, 3.05) is 34.5 Å². The third kappa shape index (κ3) is 4.92. The number of methoxy groups -OCH3 is 3. The first-order valence-corrected chi connectivity index (χ1v) is 10.7. The van der Waals surface area contributed by atoms with Crippen LogP contribution in [0, 0.1) is 0 Å². The minimum absolute atomic E-state index is 0.258. The van der Waals surface area contributed by atoms with Gasteiger partial charge >= 0.3 is 0 Å². The highest BCUT2D eigenvalue weighted by Gasteiger charge is 2.22. The molecule has 1 fully saturated rings. The van der Waals surface area contributed by atoms with Crippen LogP contribution in [0.3, 0.4) is 0 Å². The van der Waals surface area contributed by atoms with Crippen molar-refractivity contribution in [3.05, 3.63) is 59.8 Å². The third-order valence-electron chi connectivity index (χ3n) is 5.74. The Balaban J connectivity index is 1.61. The van der Waals surface area contributed by atoms with E-state index in [1.165, 1.54) is 5.56 Å². The van der Waals surface area contributed by atoms with Crippen molar-refractivity contribution in [3.63, 3.8) is 0 Å². The number of rotatable bonds is 9. The summed E-state index contributed by atoms with van der Waals surface area (Å²) in [5.74, 6) is 1.99. The van der Waals surface area contributed by atoms with E-state index in [0.29, 0.717) is 23.8 Å². The van der Waals surface area contributed by atoms with Crippen LogP contribution in [0.25, 0.3) is 10.9 Å². The molecule has 1 aliphatic heterocycles. The van der Waals surface area contributed by atoms with Crippen LogP contribution in [-0.4, -0.2) is 50.5 Å². The van der Waals surface area contributed by atoms with E-state index in [0.717, 1.165) is 49.0 Å². The first-order chi connectivity index (χ1) is 15.2. The predicted molar refractivity (Wildman–Crippen MR) is 121 cm³/mol. The molecule has 0 unspecified atom stereocenters. The Kier molecular flexibility index (Phi) is 6.89. The smallest absolute Gasteiger partial charge is 0.203 e. The maximum atomic E-state index is 5.94. The van der Waals surface area contributed by atoms with E-state index in [1.807, 2.05) is 24.4 Å². The number of pyridine rings is 1. The van der Waals surface area contributed by atoms with Crippen LogP contribution >= 0.6 is 0 Å². The number of benzene rings is 2. The Morgan fingerprint density at radius 3 is 2.61 bits per heavy atom. The summed E-state index contributed by atoms with van der Waals surface area (Å²) in [4.78, 5) is 6.85. The molecule has 0 aliphatic carbocycles. The first kappa shape index (κ1) is 21.4. The van der Waals surface area contributed by atoms with Gasteiger partial charge in [0.2, 0.25) is 5.75 Å². The molecular weight excluding hydrogens is 392 g/mol.